The van der Waals surface area contributed by atoms with E-state index >= 15 is 0 Å². The average Bonchev–Trinajstić information content (AvgIpc) is 3.43. The molecular weight excluding hydrogens is 544 g/mol. The molecule has 2 aromatic heterocycles. The van der Waals surface area contributed by atoms with E-state index in [-0.39, 0.29) is 35.8 Å². The summed E-state index contributed by atoms with van der Waals surface area (Å²) in [6.07, 6.45) is 4.59. The zero-order valence-electron chi connectivity index (χ0n) is 24.6. The molecule has 0 radical (unpaired) electrons. The first-order valence-corrected chi connectivity index (χ1v) is 14.9. The highest BCUT2D eigenvalue weighted by atomic mass is 16.3. The number of piperidine rings is 2. The zero-order chi connectivity index (χ0) is 30.1. The Bertz CT molecular complexity index is 1690. The molecule has 0 bridgehead atoms. The third-order valence-electron chi connectivity index (χ3n) is 9.16. The van der Waals surface area contributed by atoms with Crippen LogP contribution in [0.5, 0.6) is 0 Å². The molecule has 10 nitrogen and oxygen atoms in total. The van der Waals surface area contributed by atoms with E-state index in [0.717, 1.165) is 11.3 Å². The number of fused-ring (bicyclic) bond motifs is 1. The standard InChI is InChI=1S/C33H38N6O4/c1-34-25-10-6-9-24(19-25)30(40)38-16-12-26(28(20-38)23-7-4-3-5-8-23)31(41)37-17-13-33(43,14-18-37)21-39-22-35-29-27(32(39)42)11-15-36(29)2/h3-11,15,19,22,26,28,34,43H,12-14,16-18,20-21H2,1-2H3/t26-,28+/m1/s1. The molecule has 0 spiro atoms. The maximum atomic E-state index is 14.0. The van der Waals surface area contributed by atoms with Crippen LogP contribution in [0.2, 0.25) is 0 Å². The van der Waals surface area contributed by atoms with Gasteiger partial charge in [0.15, 0.2) is 0 Å². The van der Waals surface area contributed by atoms with Crippen molar-refractivity contribution >= 4 is 28.5 Å². The van der Waals surface area contributed by atoms with Crippen molar-refractivity contribution in [3.05, 3.63) is 94.7 Å². The molecule has 2 amide bonds. The molecule has 2 saturated heterocycles. The quantitative estimate of drug-likeness (QED) is 0.362. The third kappa shape index (κ3) is 5.67. The number of rotatable bonds is 6. The summed E-state index contributed by atoms with van der Waals surface area (Å²) in [5, 5.41) is 15.0. The first-order chi connectivity index (χ1) is 20.8. The molecule has 224 valence electrons. The fraction of sp³-hybridized carbons (Fsp3) is 0.394. The molecule has 0 unspecified atom stereocenters. The molecule has 0 aliphatic carbocycles. The van der Waals surface area contributed by atoms with Gasteiger partial charge in [0.05, 0.1) is 17.5 Å². The van der Waals surface area contributed by atoms with Crippen LogP contribution >= 0.6 is 0 Å². The van der Waals surface area contributed by atoms with Crippen LogP contribution in [0.4, 0.5) is 5.69 Å². The van der Waals surface area contributed by atoms with Crippen LogP contribution in [0.25, 0.3) is 11.0 Å². The number of carbonyl (C=O) groups excluding carboxylic acids is 2. The van der Waals surface area contributed by atoms with Crippen LogP contribution in [-0.4, -0.2) is 79.7 Å². The van der Waals surface area contributed by atoms with Crippen molar-refractivity contribution in [2.24, 2.45) is 13.0 Å². The van der Waals surface area contributed by atoms with Gasteiger partial charge in [0, 0.05) is 69.6 Å². The normalized spacial score (nSPS) is 20.3. The van der Waals surface area contributed by atoms with E-state index in [9.17, 15) is 19.5 Å². The zero-order valence-corrected chi connectivity index (χ0v) is 24.6. The monoisotopic (exact) mass is 582 g/mol. The minimum atomic E-state index is -1.11. The lowest BCUT2D eigenvalue weighted by atomic mass is 9.79. The molecule has 4 aromatic rings. The number of benzene rings is 2. The van der Waals surface area contributed by atoms with E-state index in [0.29, 0.717) is 62.0 Å². The molecule has 2 N–H and O–H groups in total. The number of nitrogens with one attached hydrogen (secondary N) is 1. The van der Waals surface area contributed by atoms with Gasteiger partial charge in [-0.3, -0.25) is 19.0 Å². The van der Waals surface area contributed by atoms with Crippen molar-refractivity contribution in [3.63, 3.8) is 0 Å². The summed E-state index contributed by atoms with van der Waals surface area (Å²) >= 11 is 0. The Labute approximate surface area is 250 Å². The molecule has 2 aliphatic heterocycles. The second-order valence-electron chi connectivity index (χ2n) is 11.9. The Morgan fingerprint density at radius 3 is 2.53 bits per heavy atom. The number of nitrogens with zero attached hydrogens (tertiary/aromatic N) is 5. The molecular formula is C33H38N6O4. The smallest absolute Gasteiger partial charge is 0.262 e. The molecule has 2 fully saturated rings. The lowest BCUT2D eigenvalue weighted by Gasteiger charge is -2.43. The van der Waals surface area contributed by atoms with Gasteiger partial charge < -0.3 is 24.8 Å². The van der Waals surface area contributed by atoms with Crippen molar-refractivity contribution < 1.29 is 14.7 Å². The third-order valence-corrected chi connectivity index (χ3v) is 9.16. The number of likely N-dealkylation sites (tertiary alicyclic amines) is 2. The number of aromatic nitrogens is 3. The van der Waals surface area contributed by atoms with Crippen LogP contribution in [0.15, 0.2) is 78.0 Å². The first kappa shape index (κ1) is 28.7. The second-order valence-corrected chi connectivity index (χ2v) is 11.9. The van der Waals surface area contributed by atoms with Crippen molar-refractivity contribution in [1.29, 1.82) is 0 Å². The van der Waals surface area contributed by atoms with Gasteiger partial charge in [-0.15, -0.1) is 0 Å². The number of aliphatic hydroxyl groups is 1. The maximum Gasteiger partial charge on any atom is 0.262 e. The van der Waals surface area contributed by atoms with E-state index in [2.05, 4.69) is 10.3 Å². The van der Waals surface area contributed by atoms with Crippen molar-refractivity contribution in [3.8, 4) is 0 Å². The van der Waals surface area contributed by atoms with Gasteiger partial charge in [-0.2, -0.15) is 0 Å². The topological polar surface area (TPSA) is 113 Å². The van der Waals surface area contributed by atoms with Crippen LogP contribution in [0, 0.1) is 5.92 Å². The first-order valence-electron chi connectivity index (χ1n) is 14.9. The van der Waals surface area contributed by atoms with Gasteiger partial charge in [0.25, 0.3) is 11.5 Å². The molecule has 2 aliphatic rings. The summed E-state index contributed by atoms with van der Waals surface area (Å²) in [5.74, 6) is -0.384. The largest absolute Gasteiger partial charge is 0.388 e. The Morgan fingerprint density at radius 2 is 1.79 bits per heavy atom. The summed E-state index contributed by atoms with van der Waals surface area (Å²) in [7, 11) is 3.67. The summed E-state index contributed by atoms with van der Waals surface area (Å²) in [6.45, 7) is 1.90. The summed E-state index contributed by atoms with van der Waals surface area (Å²) < 4.78 is 3.27. The van der Waals surface area contributed by atoms with Gasteiger partial charge in [-0.25, -0.2) is 4.98 Å². The molecule has 2 aromatic carbocycles. The van der Waals surface area contributed by atoms with Crippen molar-refractivity contribution in [2.45, 2.75) is 37.3 Å². The van der Waals surface area contributed by atoms with Gasteiger partial charge in [0.1, 0.15) is 12.0 Å². The fourth-order valence-electron chi connectivity index (χ4n) is 6.61. The van der Waals surface area contributed by atoms with E-state index in [4.69, 9.17) is 0 Å². The van der Waals surface area contributed by atoms with Crippen molar-refractivity contribution in [2.75, 3.05) is 38.5 Å². The van der Waals surface area contributed by atoms with Crippen LogP contribution in [0.1, 0.15) is 41.1 Å². The number of carbonyl (C=O) groups is 2. The summed E-state index contributed by atoms with van der Waals surface area (Å²) in [5.41, 5.74) is 1.87. The van der Waals surface area contributed by atoms with Gasteiger partial charge >= 0.3 is 0 Å². The van der Waals surface area contributed by atoms with Gasteiger partial charge in [0.2, 0.25) is 5.91 Å². The highest BCUT2D eigenvalue weighted by Crippen LogP contribution is 2.36. The number of anilines is 1. The molecule has 0 saturated carbocycles. The van der Waals surface area contributed by atoms with E-state index in [1.165, 1.54) is 10.9 Å². The Morgan fingerprint density at radius 1 is 1.02 bits per heavy atom. The van der Waals surface area contributed by atoms with Crippen LogP contribution < -0.4 is 10.9 Å². The lowest BCUT2D eigenvalue weighted by molar-refractivity contribution is -0.142. The predicted molar refractivity (Wildman–Crippen MR) is 165 cm³/mol. The van der Waals surface area contributed by atoms with E-state index < -0.39 is 5.60 Å². The van der Waals surface area contributed by atoms with Crippen LogP contribution in [0.3, 0.4) is 0 Å². The lowest BCUT2D eigenvalue weighted by Crippen LogP contribution is -2.53. The summed E-state index contributed by atoms with van der Waals surface area (Å²) in [6, 6.07) is 19.2. The fourth-order valence-corrected chi connectivity index (χ4v) is 6.61. The molecule has 2 atom stereocenters. The Hall–Kier alpha value is -4.44. The number of aryl methyl sites for hydroxylation is 1. The molecule has 6 rings (SSSR count). The van der Waals surface area contributed by atoms with Crippen LogP contribution in [-0.2, 0) is 18.4 Å². The average molecular weight is 583 g/mol. The highest BCUT2D eigenvalue weighted by molar-refractivity contribution is 5.95. The van der Waals surface area contributed by atoms with Crippen molar-refractivity contribution in [1.82, 2.24) is 23.9 Å². The number of amides is 2. The summed E-state index contributed by atoms with van der Waals surface area (Å²) in [4.78, 5) is 48.6. The Balaban J connectivity index is 1.15. The second kappa shape index (κ2) is 11.7. The maximum absolute atomic E-state index is 14.0. The van der Waals surface area contributed by atoms with E-state index in [1.54, 1.807) is 16.8 Å². The number of hydrogen-bond acceptors (Lipinski definition) is 6. The minimum absolute atomic E-state index is 0.0367. The minimum Gasteiger partial charge on any atom is -0.388 e. The molecule has 43 heavy (non-hydrogen) atoms. The van der Waals surface area contributed by atoms with Gasteiger partial charge in [-0.05, 0) is 49.1 Å². The Kier molecular flexibility index (Phi) is 7.79. The van der Waals surface area contributed by atoms with Gasteiger partial charge in [-0.1, -0.05) is 36.4 Å². The SMILES string of the molecule is CNc1cccc(C(=O)N2CC[C@@H](C(=O)N3CCC(O)(Cn4cnc5c(ccn5C)c4=O)CC3)[C@H](c3ccccc3)C2)c1. The molecule has 10 heteroatoms. The molecule has 4 heterocycles. The highest BCUT2D eigenvalue weighted by Gasteiger charge is 2.41. The predicted octanol–water partition coefficient (Wildman–Crippen LogP) is 3.08. The van der Waals surface area contributed by atoms with E-state index in [1.807, 2.05) is 78.5 Å². The number of hydrogen-bond donors (Lipinski definition) is 2.